The molecular weight excluding hydrogens is 454 g/mol. The van der Waals surface area contributed by atoms with E-state index in [4.69, 9.17) is 9.72 Å². The second kappa shape index (κ2) is 8.64. The van der Waals surface area contributed by atoms with Gasteiger partial charge >= 0.3 is 6.09 Å². The van der Waals surface area contributed by atoms with E-state index < -0.39 is 5.60 Å². The molecule has 0 aromatic carbocycles. The lowest BCUT2D eigenvalue weighted by Gasteiger charge is -2.43. The zero-order chi connectivity index (χ0) is 25.2. The fraction of sp³-hybridized carbons (Fsp3) is 0.714. The van der Waals surface area contributed by atoms with Crippen LogP contribution < -0.4 is 4.90 Å². The van der Waals surface area contributed by atoms with Gasteiger partial charge in [-0.25, -0.2) is 9.78 Å². The van der Waals surface area contributed by atoms with Crippen molar-refractivity contribution >= 4 is 17.8 Å². The fourth-order valence-electron chi connectivity index (χ4n) is 5.90. The highest BCUT2D eigenvalue weighted by Gasteiger charge is 2.45. The van der Waals surface area contributed by atoms with Crippen molar-refractivity contribution in [2.24, 2.45) is 11.8 Å². The predicted octanol–water partition coefficient (Wildman–Crippen LogP) is 3.96. The summed E-state index contributed by atoms with van der Waals surface area (Å²) >= 11 is 0. The van der Waals surface area contributed by atoms with E-state index in [1.807, 2.05) is 20.8 Å². The summed E-state index contributed by atoms with van der Waals surface area (Å²) in [7, 11) is 0. The number of ether oxygens (including phenoxy) is 1. The van der Waals surface area contributed by atoms with Crippen LogP contribution in [0.15, 0.2) is 0 Å². The van der Waals surface area contributed by atoms with Crippen LogP contribution in [0.2, 0.25) is 0 Å². The van der Waals surface area contributed by atoms with Crippen molar-refractivity contribution in [3.05, 3.63) is 22.4 Å². The molecule has 36 heavy (non-hydrogen) atoms. The zero-order valence-electron chi connectivity index (χ0n) is 21.8. The van der Waals surface area contributed by atoms with Crippen molar-refractivity contribution in [3.63, 3.8) is 0 Å². The molecule has 0 spiro atoms. The van der Waals surface area contributed by atoms with Gasteiger partial charge in [0.2, 0.25) is 5.91 Å². The lowest BCUT2D eigenvalue weighted by molar-refractivity contribution is -0.135. The van der Waals surface area contributed by atoms with E-state index in [1.165, 1.54) is 12.8 Å². The van der Waals surface area contributed by atoms with Crippen molar-refractivity contribution in [1.82, 2.24) is 14.8 Å². The van der Waals surface area contributed by atoms with Gasteiger partial charge in [-0.2, -0.15) is 5.26 Å². The molecule has 3 heterocycles. The Morgan fingerprint density at radius 2 is 1.78 bits per heavy atom. The number of nitrogens with zero attached hydrogens (tertiary/aromatic N) is 5. The van der Waals surface area contributed by atoms with Crippen molar-refractivity contribution in [3.8, 4) is 6.07 Å². The van der Waals surface area contributed by atoms with Gasteiger partial charge in [-0.1, -0.05) is 0 Å². The third-order valence-corrected chi connectivity index (χ3v) is 8.23. The van der Waals surface area contributed by atoms with Gasteiger partial charge in [-0.05, 0) is 82.8 Å². The SMILES string of the molecule is CC(C)(C)OC(=O)N1CCc2c(C#N)c(N3CCN(C(=O)C4CC4)[C@H](C4CC4)C3)nc(C3CC3)c2C1. The maximum absolute atomic E-state index is 13.0. The molecular formula is C28H37N5O3. The summed E-state index contributed by atoms with van der Waals surface area (Å²) in [5, 5.41) is 10.3. The van der Waals surface area contributed by atoms with E-state index in [1.54, 1.807) is 4.90 Å². The number of rotatable bonds is 4. The summed E-state index contributed by atoms with van der Waals surface area (Å²) in [5.74, 6) is 2.35. The Morgan fingerprint density at radius 3 is 2.39 bits per heavy atom. The minimum atomic E-state index is -0.544. The molecule has 6 rings (SSSR count). The highest BCUT2D eigenvalue weighted by atomic mass is 16.6. The number of carbonyl (C=O) groups is 2. The number of hydrogen-bond donors (Lipinski definition) is 0. The van der Waals surface area contributed by atoms with Gasteiger partial charge in [0, 0.05) is 38.0 Å². The van der Waals surface area contributed by atoms with Crippen molar-refractivity contribution in [2.45, 2.75) is 89.8 Å². The number of hydrogen-bond acceptors (Lipinski definition) is 6. The number of carbonyl (C=O) groups excluding carboxylic acids is 2. The average molecular weight is 492 g/mol. The van der Waals surface area contributed by atoms with Crippen molar-refractivity contribution in [1.29, 1.82) is 5.26 Å². The molecule has 0 unspecified atom stereocenters. The van der Waals surface area contributed by atoms with E-state index in [9.17, 15) is 14.9 Å². The molecule has 8 heteroatoms. The Hall–Kier alpha value is -2.82. The molecule has 3 aliphatic carbocycles. The van der Waals surface area contributed by atoms with Crippen LogP contribution in [0.25, 0.3) is 0 Å². The van der Waals surface area contributed by atoms with E-state index in [0.717, 1.165) is 61.4 Å². The lowest BCUT2D eigenvalue weighted by Crippen LogP contribution is -2.57. The van der Waals surface area contributed by atoms with E-state index >= 15 is 0 Å². The first-order chi connectivity index (χ1) is 17.2. The monoisotopic (exact) mass is 491 g/mol. The number of amides is 2. The number of piperazine rings is 1. The molecule has 4 fully saturated rings. The van der Waals surface area contributed by atoms with Gasteiger partial charge in [0.15, 0.2) is 0 Å². The second-order valence-corrected chi connectivity index (χ2v) is 12.3. The summed E-state index contributed by atoms with van der Waals surface area (Å²) < 4.78 is 5.64. The van der Waals surface area contributed by atoms with Crippen LogP contribution in [0, 0.1) is 23.2 Å². The lowest BCUT2D eigenvalue weighted by atomic mass is 9.92. The van der Waals surface area contributed by atoms with E-state index in [-0.39, 0.29) is 18.1 Å². The van der Waals surface area contributed by atoms with Gasteiger partial charge < -0.3 is 19.4 Å². The maximum Gasteiger partial charge on any atom is 0.410 e. The second-order valence-electron chi connectivity index (χ2n) is 12.3. The molecule has 0 bridgehead atoms. The predicted molar refractivity (Wildman–Crippen MR) is 134 cm³/mol. The molecule has 1 aromatic heterocycles. The van der Waals surface area contributed by atoms with E-state index in [0.29, 0.717) is 49.4 Å². The Kier molecular flexibility index (Phi) is 5.66. The largest absolute Gasteiger partial charge is 0.444 e. The summed E-state index contributed by atoms with van der Waals surface area (Å²) in [4.78, 5) is 37.1. The molecule has 1 atom stereocenters. The molecule has 8 nitrogen and oxygen atoms in total. The Balaban J connectivity index is 1.30. The molecule has 2 amide bonds. The van der Waals surface area contributed by atoms with Gasteiger partial charge in [0.25, 0.3) is 0 Å². The first-order valence-electron chi connectivity index (χ1n) is 13.7. The summed E-state index contributed by atoms with van der Waals surface area (Å²) in [6.45, 7) is 8.83. The van der Waals surface area contributed by atoms with E-state index in [2.05, 4.69) is 15.9 Å². The fourth-order valence-corrected chi connectivity index (χ4v) is 5.90. The molecule has 1 aromatic rings. The Morgan fingerprint density at radius 1 is 1.03 bits per heavy atom. The third-order valence-electron chi connectivity index (χ3n) is 8.23. The average Bonchev–Trinajstić information content (AvgIpc) is 3.71. The van der Waals surface area contributed by atoms with Crippen LogP contribution in [0.3, 0.4) is 0 Å². The molecule has 3 saturated carbocycles. The first kappa shape index (κ1) is 23.6. The quantitative estimate of drug-likeness (QED) is 0.633. The van der Waals surface area contributed by atoms with Crippen LogP contribution >= 0.6 is 0 Å². The first-order valence-corrected chi connectivity index (χ1v) is 13.7. The van der Waals surface area contributed by atoms with Crippen LogP contribution in [-0.4, -0.2) is 64.6 Å². The Bertz CT molecular complexity index is 1120. The van der Waals surface area contributed by atoms with Gasteiger partial charge in [0.1, 0.15) is 17.5 Å². The number of pyridine rings is 1. The van der Waals surface area contributed by atoms with Crippen LogP contribution in [0.4, 0.5) is 10.6 Å². The summed E-state index contributed by atoms with van der Waals surface area (Å²) in [5.41, 5.74) is 3.29. The van der Waals surface area contributed by atoms with Crippen LogP contribution in [0.5, 0.6) is 0 Å². The van der Waals surface area contributed by atoms with Crippen molar-refractivity contribution < 1.29 is 14.3 Å². The molecule has 0 N–H and O–H groups in total. The number of aromatic nitrogens is 1. The highest BCUT2D eigenvalue weighted by molar-refractivity contribution is 5.82. The van der Waals surface area contributed by atoms with Crippen LogP contribution in [-0.2, 0) is 22.5 Å². The number of nitriles is 1. The summed E-state index contributed by atoms with van der Waals surface area (Å²) in [6.07, 6.45) is 6.98. The smallest absolute Gasteiger partial charge is 0.410 e. The minimum Gasteiger partial charge on any atom is -0.444 e. The van der Waals surface area contributed by atoms with Gasteiger partial charge in [-0.15, -0.1) is 0 Å². The molecule has 1 saturated heterocycles. The molecule has 0 radical (unpaired) electrons. The maximum atomic E-state index is 13.0. The standard InChI is InChI=1S/C28H37N5O3/c1-28(2,3)36-27(35)32-11-10-20-21(14-29)25(30-24(18-6-7-18)22(20)15-32)31-12-13-33(26(34)19-8-9-19)23(16-31)17-4-5-17/h17-19,23H,4-13,15-16H2,1-3H3/t23-/m0/s1. The Labute approximate surface area is 213 Å². The number of anilines is 1. The highest BCUT2D eigenvalue weighted by Crippen LogP contribution is 2.46. The topological polar surface area (TPSA) is 89.8 Å². The normalized spacial score (nSPS) is 24.3. The molecule has 2 aliphatic heterocycles. The van der Waals surface area contributed by atoms with Gasteiger partial charge in [0.05, 0.1) is 23.8 Å². The number of fused-ring (bicyclic) bond motifs is 1. The van der Waals surface area contributed by atoms with Crippen LogP contribution in [0.1, 0.15) is 87.6 Å². The molecule has 192 valence electrons. The van der Waals surface area contributed by atoms with Crippen molar-refractivity contribution in [2.75, 3.05) is 31.1 Å². The third kappa shape index (κ3) is 4.53. The molecule has 5 aliphatic rings. The van der Waals surface area contributed by atoms with Gasteiger partial charge in [-0.3, -0.25) is 4.79 Å². The summed E-state index contributed by atoms with van der Waals surface area (Å²) in [6, 6.07) is 2.72. The zero-order valence-corrected chi connectivity index (χ0v) is 21.8. The minimum absolute atomic E-state index is 0.225.